The molecule has 0 spiro atoms. The second-order valence-electron chi connectivity index (χ2n) is 6.69. The van der Waals surface area contributed by atoms with Crippen molar-refractivity contribution in [1.82, 2.24) is 9.88 Å². The van der Waals surface area contributed by atoms with Crippen LogP contribution in [0.1, 0.15) is 27.2 Å². The number of carbonyl (C=O) groups excluding carboxylic acids is 2. The molecular formula is C16H21BrFN3O4. The normalized spacial score (nSPS) is 20.3. The molecule has 1 aromatic heterocycles. The van der Waals surface area contributed by atoms with Crippen LogP contribution in [-0.4, -0.2) is 53.4 Å². The van der Waals surface area contributed by atoms with Crippen LogP contribution in [0.25, 0.3) is 0 Å². The minimum atomic E-state index is -1.28. The highest BCUT2D eigenvalue weighted by Crippen LogP contribution is 2.26. The van der Waals surface area contributed by atoms with Crippen molar-refractivity contribution in [2.75, 3.05) is 19.0 Å². The highest BCUT2D eigenvalue weighted by Gasteiger charge is 2.41. The Morgan fingerprint density at radius 1 is 1.40 bits per heavy atom. The molecule has 0 aliphatic carbocycles. The number of halogens is 2. The van der Waals surface area contributed by atoms with E-state index < -0.39 is 29.8 Å². The van der Waals surface area contributed by atoms with Gasteiger partial charge in [0.1, 0.15) is 34.0 Å². The molecule has 2 rings (SSSR count). The smallest absolute Gasteiger partial charge is 0.411 e. The van der Waals surface area contributed by atoms with Crippen LogP contribution in [0.3, 0.4) is 0 Å². The van der Waals surface area contributed by atoms with Gasteiger partial charge in [0.05, 0.1) is 13.7 Å². The first-order valence-electron chi connectivity index (χ1n) is 7.75. The number of amides is 2. The van der Waals surface area contributed by atoms with Gasteiger partial charge in [0.25, 0.3) is 0 Å². The highest BCUT2D eigenvalue weighted by molar-refractivity contribution is 9.10. The predicted octanol–water partition coefficient (Wildman–Crippen LogP) is 3.14. The maximum absolute atomic E-state index is 13.8. The van der Waals surface area contributed by atoms with Crippen LogP contribution in [0.2, 0.25) is 0 Å². The fraction of sp³-hybridized carbons (Fsp3) is 0.562. The Balaban J connectivity index is 2.13. The largest absolute Gasteiger partial charge is 0.497 e. The Morgan fingerprint density at radius 2 is 2.08 bits per heavy atom. The predicted molar refractivity (Wildman–Crippen MR) is 93.4 cm³/mol. The van der Waals surface area contributed by atoms with Gasteiger partial charge >= 0.3 is 6.09 Å². The van der Waals surface area contributed by atoms with E-state index >= 15 is 0 Å². The van der Waals surface area contributed by atoms with E-state index in [4.69, 9.17) is 9.47 Å². The van der Waals surface area contributed by atoms with Crippen LogP contribution in [0.5, 0.6) is 5.75 Å². The van der Waals surface area contributed by atoms with Gasteiger partial charge < -0.3 is 14.8 Å². The van der Waals surface area contributed by atoms with Crippen molar-refractivity contribution in [1.29, 1.82) is 0 Å². The molecule has 2 atom stereocenters. The number of pyridine rings is 1. The average molecular weight is 418 g/mol. The molecule has 9 heteroatoms. The van der Waals surface area contributed by atoms with Crippen LogP contribution in [0.15, 0.2) is 16.7 Å². The quantitative estimate of drug-likeness (QED) is 0.763. The standard InChI is InChI=1S/C16H21BrFN3O4/c1-16(2,3)25-15(23)21-8-9(18)5-11(21)14(22)20-13-7-10(24-4)6-12(17)19-13/h6-7,9,11H,5,8H2,1-4H3,(H,19,20,22)/t9-,11+/m1/s1. The van der Waals surface area contributed by atoms with Gasteiger partial charge in [-0.25, -0.2) is 14.2 Å². The van der Waals surface area contributed by atoms with E-state index in [2.05, 4.69) is 26.2 Å². The summed E-state index contributed by atoms with van der Waals surface area (Å²) in [4.78, 5) is 30.0. The van der Waals surface area contributed by atoms with Crippen LogP contribution in [-0.2, 0) is 9.53 Å². The number of methoxy groups -OCH3 is 1. The lowest BCUT2D eigenvalue weighted by Crippen LogP contribution is -2.45. The molecule has 0 saturated carbocycles. The molecule has 25 heavy (non-hydrogen) atoms. The van der Waals surface area contributed by atoms with Gasteiger partial charge in [-0.1, -0.05) is 0 Å². The Labute approximate surface area is 154 Å². The third-order valence-corrected chi connectivity index (χ3v) is 3.84. The molecule has 0 aromatic carbocycles. The van der Waals surface area contributed by atoms with E-state index in [0.717, 1.165) is 4.90 Å². The van der Waals surface area contributed by atoms with Gasteiger partial charge in [0.15, 0.2) is 0 Å². The summed E-state index contributed by atoms with van der Waals surface area (Å²) in [6, 6.07) is 2.20. The average Bonchev–Trinajstić information content (AvgIpc) is 2.87. The zero-order chi connectivity index (χ0) is 18.8. The Hall–Kier alpha value is -1.90. The SMILES string of the molecule is COc1cc(Br)nc(NC(=O)[C@@H]2C[C@@H](F)CN2C(=O)OC(C)(C)C)c1. The Kier molecular flexibility index (Phi) is 5.87. The van der Waals surface area contributed by atoms with Gasteiger partial charge in [-0.3, -0.25) is 9.69 Å². The number of nitrogens with one attached hydrogen (secondary N) is 1. The molecule has 1 aliphatic heterocycles. The van der Waals surface area contributed by atoms with Crippen LogP contribution >= 0.6 is 15.9 Å². The lowest BCUT2D eigenvalue weighted by atomic mass is 10.2. The first-order chi connectivity index (χ1) is 11.6. The van der Waals surface area contributed by atoms with Gasteiger partial charge in [-0.15, -0.1) is 0 Å². The van der Waals surface area contributed by atoms with Gasteiger partial charge in [-0.2, -0.15) is 0 Å². The number of anilines is 1. The lowest BCUT2D eigenvalue weighted by molar-refractivity contribution is -0.120. The third kappa shape index (κ3) is 5.29. The molecule has 2 heterocycles. The van der Waals surface area contributed by atoms with Crippen LogP contribution in [0, 0.1) is 0 Å². The molecule has 1 aliphatic rings. The van der Waals surface area contributed by atoms with Crippen molar-refractivity contribution in [3.8, 4) is 5.75 Å². The monoisotopic (exact) mass is 417 g/mol. The minimum Gasteiger partial charge on any atom is -0.497 e. The molecule has 1 aromatic rings. The molecule has 2 amide bonds. The molecule has 1 N–H and O–H groups in total. The molecule has 7 nitrogen and oxygen atoms in total. The van der Waals surface area contributed by atoms with E-state index in [-0.39, 0.29) is 18.8 Å². The van der Waals surface area contributed by atoms with E-state index in [9.17, 15) is 14.0 Å². The second kappa shape index (κ2) is 7.55. The number of ether oxygens (including phenoxy) is 2. The molecule has 0 radical (unpaired) electrons. The molecule has 138 valence electrons. The molecule has 0 unspecified atom stereocenters. The fourth-order valence-electron chi connectivity index (χ4n) is 2.42. The number of carbonyl (C=O) groups is 2. The number of alkyl halides is 1. The number of aromatic nitrogens is 1. The summed E-state index contributed by atoms with van der Waals surface area (Å²) < 4.78 is 24.7. The number of hydrogen-bond acceptors (Lipinski definition) is 5. The second-order valence-corrected chi connectivity index (χ2v) is 7.50. The maximum atomic E-state index is 13.8. The van der Waals surface area contributed by atoms with Gasteiger partial charge in [-0.05, 0) is 36.7 Å². The molecular weight excluding hydrogens is 397 g/mol. The first kappa shape index (κ1) is 19.4. The molecule has 1 saturated heterocycles. The maximum Gasteiger partial charge on any atom is 0.411 e. The summed E-state index contributed by atoms with van der Waals surface area (Å²) in [5.74, 6) is 0.206. The van der Waals surface area contributed by atoms with Crippen molar-refractivity contribution < 1.29 is 23.5 Å². The summed E-state index contributed by atoms with van der Waals surface area (Å²) >= 11 is 3.22. The van der Waals surface area contributed by atoms with Crippen molar-refractivity contribution in [2.45, 2.75) is 45.0 Å². The minimum absolute atomic E-state index is 0.0871. The van der Waals surface area contributed by atoms with E-state index in [1.807, 2.05) is 0 Å². The Bertz CT molecular complexity index is 665. The zero-order valence-corrected chi connectivity index (χ0v) is 16.1. The van der Waals surface area contributed by atoms with Crippen molar-refractivity contribution >= 4 is 33.7 Å². The summed E-state index contributed by atoms with van der Waals surface area (Å²) in [5, 5.41) is 2.59. The first-order valence-corrected chi connectivity index (χ1v) is 8.54. The Morgan fingerprint density at radius 3 is 2.68 bits per heavy atom. The van der Waals surface area contributed by atoms with Gasteiger partial charge in [0, 0.05) is 18.6 Å². The number of rotatable bonds is 3. The number of nitrogens with zero attached hydrogens (tertiary/aromatic N) is 2. The van der Waals surface area contributed by atoms with Crippen molar-refractivity contribution in [3.05, 3.63) is 16.7 Å². The van der Waals surface area contributed by atoms with E-state index in [1.54, 1.807) is 26.8 Å². The van der Waals surface area contributed by atoms with E-state index in [0.29, 0.717) is 10.4 Å². The van der Waals surface area contributed by atoms with Crippen LogP contribution in [0.4, 0.5) is 15.0 Å². The fourth-order valence-corrected chi connectivity index (χ4v) is 2.84. The van der Waals surface area contributed by atoms with E-state index in [1.165, 1.54) is 13.2 Å². The van der Waals surface area contributed by atoms with Crippen molar-refractivity contribution in [2.24, 2.45) is 0 Å². The summed E-state index contributed by atoms with van der Waals surface area (Å²) in [5.41, 5.74) is -0.730. The third-order valence-electron chi connectivity index (χ3n) is 3.44. The van der Waals surface area contributed by atoms with Gasteiger partial charge in [0.2, 0.25) is 5.91 Å². The highest BCUT2D eigenvalue weighted by atomic mass is 79.9. The number of hydrogen-bond donors (Lipinski definition) is 1. The summed E-state index contributed by atoms with van der Waals surface area (Å²) in [6.07, 6.45) is -2.09. The van der Waals surface area contributed by atoms with Crippen LogP contribution < -0.4 is 10.1 Å². The molecule has 1 fully saturated rings. The van der Waals surface area contributed by atoms with Crippen molar-refractivity contribution in [3.63, 3.8) is 0 Å². The summed E-state index contributed by atoms with van der Waals surface area (Å²) in [6.45, 7) is 4.95. The lowest BCUT2D eigenvalue weighted by Gasteiger charge is -2.27. The summed E-state index contributed by atoms with van der Waals surface area (Å²) in [7, 11) is 1.49. The topological polar surface area (TPSA) is 80.8 Å². The zero-order valence-electron chi connectivity index (χ0n) is 14.5. The number of likely N-dealkylation sites (tertiary alicyclic amines) is 1. The molecule has 0 bridgehead atoms.